The number of methoxy groups -OCH3 is 1. The molecule has 0 aliphatic carbocycles. The Labute approximate surface area is 93.3 Å². The van der Waals surface area contributed by atoms with Gasteiger partial charge in [0.2, 0.25) is 0 Å². The summed E-state index contributed by atoms with van der Waals surface area (Å²) >= 11 is 0. The van der Waals surface area contributed by atoms with Crippen LogP contribution in [0.25, 0.3) is 10.8 Å². The van der Waals surface area contributed by atoms with Gasteiger partial charge in [-0.15, -0.1) is 0 Å². The van der Waals surface area contributed by atoms with E-state index in [-0.39, 0.29) is 5.75 Å². The Morgan fingerprint density at radius 3 is 2.56 bits per heavy atom. The van der Waals surface area contributed by atoms with Gasteiger partial charge in [-0.2, -0.15) is 0 Å². The van der Waals surface area contributed by atoms with E-state index in [1.807, 2.05) is 19.1 Å². The quantitative estimate of drug-likeness (QED) is 0.785. The smallest absolute Gasteiger partial charge is 0.150 e. The fraction of sp³-hybridized carbons (Fsp3) is 0.154. The molecule has 2 aromatic rings. The SMILES string of the molecule is COc1cc(C)cc2c(O)cc(C=O)cc12. The van der Waals surface area contributed by atoms with E-state index in [0.717, 1.165) is 10.9 Å². The van der Waals surface area contributed by atoms with Gasteiger partial charge in [0.15, 0.2) is 0 Å². The monoisotopic (exact) mass is 216 g/mol. The molecule has 0 aliphatic rings. The second-order valence-corrected chi connectivity index (χ2v) is 3.72. The van der Waals surface area contributed by atoms with Crippen LogP contribution >= 0.6 is 0 Å². The van der Waals surface area contributed by atoms with E-state index in [4.69, 9.17) is 4.74 Å². The van der Waals surface area contributed by atoms with Crippen molar-refractivity contribution in [1.29, 1.82) is 0 Å². The van der Waals surface area contributed by atoms with Gasteiger partial charge in [-0.1, -0.05) is 0 Å². The molecule has 0 unspecified atom stereocenters. The maximum Gasteiger partial charge on any atom is 0.150 e. The van der Waals surface area contributed by atoms with Crippen molar-refractivity contribution >= 4 is 17.1 Å². The summed E-state index contributed by atoms with van der Waals surface area (Å²) < 4.78 is 5.24. The summed E-state index contributed by atoms with van der Waals surface area (Å²) in [6.45, 7) is 1.93. The van der Waals surface area contributed by atoms with Gasteiger partial charge >= 0.3 is 0 Å². The highest BCUT2D eigenvalue weighted by Crippen LogP contribution is 2.33. The van der Waals surface area contributed by atoms with Gasteiger partial charge in [0.1, 0.15) is 17.8 Å². The Morgan fingerprint density at radius 1 is 1.19 bits per heavy atom. The van der Waals surface area contributed by atoms with Crippen molar-refractivity contribution in [3.05, 3.63) is 35.4 Å². The van der Waals surface area contributed by atoms with Crippen LogP contribution in [0.5, 0.6) is 11.5 Å². The minimum atomic E-state index is 0.0987. The van der Waals surface area contributed by atoms with Gasteiger partial charge in [0, 0.05) is 16.3 Å². The Kier molecular flexibility index (Phi) is 2.52. The molecule has 0 amide bonds. The third kappa shape index (κ3) is 1.60. The van der Waals surface area contributed by atoms with Crippen LogP contribution in [-0.4, -0.2) is 18.5 Å². The molecule has 0 heterocycles. The van der Waals surface area contributed by atoms with Crippen molar-refractivity contribution in [3.63, 3.8) is 0 Å². The van der Waals surface area contributed by atoms with Gasteiger partial charge in [-0.25, -0.2) is 0 Å². The first-order valence-electron chi connectivity index (χ1n) is 4.92. The average molecular weight is 216 g/mol. The lowest BCUT2D eigenvalue weighted by Crippen LogP contribution is -1.89. The second kappa shape index (κ2) is 3.85. The van der Waals surface area contributed by atoms with Gasteiger partial charge in [0.25, 0.3) is 0 Å². The predicted octanol–water partition coefficient (Wildman–Crippen LogP) is 2.67. The number of aldehydes is 1. The van der Waals surface area contributed by atoms with E-state index in [9.17, 15) is 9.90 Å². The third-order valence-corrected chi connectivity index (χ3v) is 2.53. The molecule has 0 bridgehead atoms. The molecule has 0 aromatic heterocycles. The second-order valence-electron chi connectivity index (χ2n) is 3.72. The zero-order valence-electron chi connectivity index (χ0n) is 9.15. The van der Waals surface area contributed by atoms with Crippen molar-refractivity contribution in [2.75, 3.05) is 7.11 Å². The van der Waals surface area contributed by atoms with Crippen LogP contribution in [0.1, 0.15) is 15.9 Å². The minimum absolute atomic E-state index is 0.0987. The standard InChI is InChI=1S/C13H12O3/c1-8-3-10-11(13(4-8)16-2)5-9(7-14)6-12(10)15/h3-7,15H,1-2H3. The summed E-state index contributed by atoms with van der Waals surface area (Å²) in [5.41, 5.74) is 1.44. The number of benzene rings is 2. The van der Waals surface area contributed by atoms with Crippen LogP contribution in [0.2, 0.25) is 0 Å². The molecule has 2 aromatic carbocycles. The fourth-order valence-electron chi connectivity index (χ4n) is 1.81. The molecule has 82 valence electrons. The number of carbonyl (C=O) groups is 1. The topological polar surface area (TPSA) is 46.5 Å². The van der Waals surface area contributed by atoms with Crippen LogP contribution in [0, 0.1) is 6.92 Å². The largest absolute Gasteiger partial charge is 0.507 e. The van der Waals surface area contributed by atoms with E-state index in [2.05, 4.69) is 0 Å². The van der Waals surface area contributed by atoms with Crippen molar-refractivity contribution in [3.8, 4) is 11.5 Å². The average Bonchev–Trinajstić information content (AvgIpc) is 2.28. The third-order valence-electron chi connectivity index (χ3n) is 2.53. The summed E-state index contributed by atoms with van der Waals surface area (Å²) in [5.74, 6) is 0.760. The first kappa shape index (κ1) is 10.5. The maximum atomic E-state index is 10.7. The number of hydrogen-bond donors (Lipinski definition) is 1. The zero-order valence-corrected chi connectivity index (χ0v) is 9.15. The van der Waals surface area contributed by atoms with Crippen LogP contribution in [0.3, 0.4) is 0 Å². The Hall–Kier alpha value is -2.03. The predicted molar refractivity (Wildman–Crippen MR) is 62.3 cm³/mol. The van der Waals surface area contributed by atoms with Gasteiger partial charge in [0.05, 0.1) is 7.11 Å². The molecule has 0 saturated heterocycles. The molecule has 3 nitrogen and oxygen atoms in total. The summed E-state index contributed by atoms with van der Waals surface area (Å²) in [5, 5.41) is 11.3. The number of phenols is 1. The zero-order chi connectivity index (χ0) is 11.7. The van der Waals surface area contributed by atoms with Crippen molar-refractivity contribution in [2.45, 2.75) is 6.92 Å². The molecule has 1 N–H and O–H groups in total. The van der Waals surface area contributed by atoms with E-state index in [0.29, 0.717) is 23.0 Å². The Balaban J connectivity index is 2.88. The highest BCUT2D eigenvalue weighted by molar-refractivity contribution is 5.97. The molecule has 0 fully saturated rings. The molecular weight excluding hydrogens is 204 g/mol. The lowest BCUT2D eigenvalue weighted by molar-refractivity contribution is 0.112. The molecular formula is C13H12O3. The number of fused-ring (bicyclic) bond motifs is 1. The van der Waals surface area contributed by atoms with Crippen molar-refractivity contribution < 1.29 is 14.6 Å². The molecule has 0 saturated carbocycles. The number of ether oxygens (including phenoxy) is 1. The summed E-state index contributed by atoms with van der Waals surface area (Å²) in [4.78, 5) is 10.7. The first-order valence-corrected chi connectivity index (χ1v) is 4.92. The number of hydrogen-bond acceptors (Lipinski definition) is 3. The number of aromatic hydroxyl groups is 1. The Morgan fingerprint density at radius 2 is 1.94 bits per heavy atom. The summed E-state index contributed by atoms with van der Waals surface area (Å²) in [6, 6.07) is 6.90. The van der Waals surface area contributed by atoms with Gasteiger partial charge < -0.3 is 9.84 Å². The number of carbonyl (C=O) groups excluding carboxylic acids is 1. The van der Waals surface area contributed by atoms with Crippen LogP contribution < -0.4 is 4.74 Å². The molecule has 0 aliphatic heterocycles. The fourth-order valence-corrected chi connectivity index (χ4v) is 1.81. The molecule has 0 radical (unpaired) electrons. The lowest BCUT2D eigenvalue weighted by atomic mass is 10.0. The van der Waals surface area contributed by atoms with Gasteiger partial charge in [-0.3, -0.25) is 4.79 Å². The van der Waals surface area contributed by atoms with Crippen LogP contribution in [0.15, 0.2) is 24.3 Å². The van der Waals surface area contributed by atoms with E-state index >= 15 is 0 Å². The lowest BCUT2D eigenvalue weighted by Gasteiger charge is -2.09. The maximum absolute atomic E-state index is 10.7. The Bertz CT molecular complexity index is 559. The molecule has 3 heteroatoms. The molecule has 2 rings (SSSR count). The van der Waals surface area contributed by atoms with E-state index in [1.165, 1.54) is 6.07 Å². The molecule has 0 spiro atoms. The summed E-state index contributed by atoms with van der Waals surface area (Å²) in [6.07, 6.45) is 0.707. The highest BCUT2D eigenvalue weighted by Gasteiger charge is 2.08. The van der Waals surface area contributed by atoms with Gasteiger partial charge in [-0.05, 0) is 36.8 Å². The van der Waals surface area contributed by atoms with Crippen LogP contribution in [0.4, 0.5) is 0 Å². The van der Waals surface area contributed by atoms with Crippen molar-refractivity contribution in [1.82, 2.24) is 0 Å². The van der Waals surface area contributed by atoms with Crippen LogP contribution in [-0.2, 0) is 0 Å². The summed E-state index contributed by atoms with van der Waals surface area (Å²) in [7, 11) is 1.57. The number of phenolic OH excluding ortho intramolecular Hbond substituents is 1. The molecule has 0 atom stereocenters. The van der Waals surface area contributed by atoms with E-state index in [1.54, 1.807) is 13.2 Å². The minimum Gasteiger partial charge on any atom is -0.507 e. The normalized spacial score (nSPS) is 10.4. The first-order chi connectivity index (χ1) is 7.65. The number of aryl methyl sites for hydroxylation is 1. The van der Waals surface area contributed by atoms with E-state index < -0.39 is 0 Å². The molecule has 16 heavy (non-hydrogen) atoms. The number of rotatable bonds is 2. The highest BCUT2D eigenvalue weighted by atomic mass is 16.5. The van der Waals surface area contributed by atoms with Crippen molar-refractivity contribution in [2.24, 2.45) is 0 Å².